The second kappa shape index (κ2) is 9.28. The summed E-state index contributed by atoms with van der Waals surface area (Å²) in [6.07, 6.45) is 0. The lowest BCUT2D eigenvalue weighted by atomic mass is 9.67. The average Bonchev–Trinajstić information content (AvgIpc) is 3.75. The average molecular weight is 590 g/mol. The highest BCUT2D eigenvalue weighted by Gasteiger charge is 2.48. The normalized spacial score (nSPS) is 13.5. The molecule has 0 radical (unpaired) electrons. The Labute approximate surface area is 265 Å². The van der Waals surface area contributed by atoms with Gasteiger partial charge in [0.1, 0.15) is 0 Å². The fraction of sp³-hybridized carbons (Fsp3) is 0.0233. The first kappa shape index (κ1) is 24.9. The van der Waals surface area contributed by atoms with Crippen LogP contribution >= 0.6 is 11.3 Å². The fourth-order valence-electron chi connectivity index (χ4n) is 8.08. The van der Waals surface area contributed by atoms with Crippen molar-refractivity contribution in [2.24, 2.45) is 0 Å². The number of thiophene rings is 1. The van der Waals surface area contributed by atoms with E-state index in [0.29, 0.717) is 0 Å². The second-order valence-corrected chi connectivity index (χ2v) is 13.1. The Morgan fingerprint density at radius 1 is 0.444 bits per heavy atom. The van der Waals surface area contributed by atoms with E-state index in [0.717, 1.165) is 0 Å². The summed E-state index contributed by atoms with van der Waals surface area (Å²) in [4.78, 5) is 0. The Kier molecular flexibility index (Phi) is 5.14. The smallest absolute Gasteiger partial charge is 0.0728 e. The third-order valence-electron chi connectivity index (χ3n) is 9.87. The number of hydrogen-bond acceptors (Lipinski definition) is 1. The molecule has 0 saturated carbocycles. The van der Waals surface area contributed by atoms with E-state index in [2.05, 4.69) is 168 Å². The van der Waals surface area contributed by atoms with Crippen molar-refractivity contribution >= 4 is 53.3 Å². The first-order valence-electron chi connectivity index (χ1n) is 15.5. The summed E-state index contributed by atoms with van der Waals surface area (Å²) in [6.45, 7) is 0. The van der Waals surface area contributed by atoms with Gasteiger partial charge in [0.15, 0.2) is 0 Å². The molecule has 0 spiro atoms. The Morgan fingerprint density at radius 2 is 1.00 bits per heavy atom. The standard InChI is InChI=1S/C43H27NS/c1-3-13-28(14-4-1)43(29-15-5-2-6-16-29)37-27-30(44-38-20-10-7-17-32(38)33-18-8-11-21-39(33)44)23-24-31(37)35-25-26-36-34-19-9-12-22-40(34)45-42(36)41(35)43/h1-27H. The minimum Gasteiger partial charge on any atom is -0.309 e. The monoisotopic (exact) mass is 589 g/mol. The Bertz CT molecular complexity index is 2490. The predicted molar refractivity (Wildman–Crippen MR) is 191 cm³/mol. The lowest BCUT2D eigenvalue weighted by Crippen LogP contribution is -2.28. The topological polar surface area (TPSA) is 4.93 Å². The van der Waals surface area contributed by atoms with Crippen molar-refractivity contribution in [1.29, 1.82) is 0 Å². The molecule has 1 nitrogen and oxygen atoms in total. The van der Waals surface area contributed by atoms with E-state index >= 15 is 0 Å². The highest BCUT2D eigenvalue weighted by molar-refractivity contribution is 7.26. The zero-order valence-corrected chi connectivity index (χ0v) is 25.3. The number of hydrogen-bond donors (Lipinski definition) is 0. The molecule has 0 amide bonds. The molecule has 10 rings (SSSR count). The van der Waals surface area contributed by atoms with Crippen molar-refractivity contribution in [3.8, 4) is 16.8 Å². The molecule has 0 aliphatic heterocycles. The minimum atomic E-state index is -0.484. The molecule has 2 aromatic heterocycles. The van der Waals surface area contributed by atoms with Crippen LogP contribution in [0.4, 0.5) is 0 Å². The van der Waals surface area contributed by atoms with Crippen molar-refractivity contribution in [3.63, 3.8) is 0 Å². The van der Waals surface area contributed by atoms with Crippen LogP contribution in [0, 0.1) is 0 Å². The molecule has 45 heavy (non-hydrogen) atoms. The maximum atomic E-state index is 2.48. The third-order valence-corrected chi connectivity index (χ3v) is 11.1. The molecule has 9 aromatic rings. The summed E-state index contributed by atoms with van der Waals surface area (Å²) < 4.78 is 5.15. The van der Waals surface area contributed by atoms with Crippen LogP contribution in [-0.2, 0) is 5.41 Å². The number of rotatable bonds is 3. The van der Waals surface area contributed by atoms with Crippen molar-refractivity contribution in [2.75, 3.05) is 0 Å². The fourth-order valence-corrected chi connectivity index (χ4v) is 9.39. The molecule has 0 fully saturated rings. The third kappa shape index (κ3) is 3.27. The van der Waals surface area contributed by atoms with Crippen molar-refractivity contribution < 1.29 is 0 Å². The van der Waals surface area contributed by atoms with Gasteiger partial charge >= 0.3 is 0 Å². The van der Waals surface area contributed by atoms with Crippen LogP contribution in [-0.4, -0.2) is 4.57 Å². The van der Waals surface area contributed by atoms with E-state index < -0.39 is 5.41 Å². The van der Waals surface area contributed by atoms with Crippen LogP contribution in [0.2, 0.25) is 0 Å². The van der Waals surface area contributed by atoms with Crippen LogP contribution < -0.4 is 0 Å². The van der Waals surface area contributed by atoms with E-state index in [4.69, 9.17) is 0 Å². The molecule has 210 valence electrons. The van der Waals surface area contributed by atoms with E-state index in [1.807, 2.05) is 11.3 Å². The van der Waals surface area contributed by atoms with Gasteiger partial charge in [-0.05, 0) is 63.7 Å². The molecule has 1 aliphatic rings. The van der Waals surface area contributed by atoms with Gasteiger partial charge in [0.25, 0.3) is 0 Å². The summed E-state index contributed by atoms with van der Waals surface area (Å²) in [6, 6.07) is 60.7. The molecule has 7 aromatic carbocycles. The summed E-state index contributed by atoms with van der Waals surface area (Å²) in [5.74, 6) is 0. The first-order valence-corrected chi connectivity index (χ1v) is 16.3. The Balaban J connectivity index is 1.38. The van der Waals surface area contributed by atoms with Crippen molar-refractivity contribution in [3.05, 3.63) is 186 Å². The van der Waals surface area contributed by atoms with Gasteiger partial charge in [-0.3, -0.25) is 0 Å². The molecule has 0 N–H and O–H groups in total. The molecule has 0 saturated heterocycles. The van der Waals surface area contributed by atoms with Crippen molar-refractivity contribution in [1.82, 2.24) is 4.57 Å². The summed E-state index contributed by atoms with van der Waals surface area (Å²) in [5.41, 5.74) is 11.1. The highest BCUT2D eigenvalue weighted by Crippen LogP contribution is 2.60. The molecular formula is C43H27NS. The van der Waals surface area contributed by atoms with Gasteiger partial charge in [-0.25, -0.2) is 0 Å². The summed E-state index contributed by atoms with van der Waals surface area (Å²) >= 11 is 1.93. The van der Waals surface area contributed by atoms with Crippen LogP contribution in [0.5, 0.6) is 0 Å². The van der Waals surface area contributed by atoms with Crippen LogP contribution in [0.15, 0.2) is 164 Å². The van der Waals surface area contributed by atoms with Crippen LogP contribution in [0.1, 0.15) is 22.3 Å². The van der Waals surface area contributed by atoms with Crippen molar-refractivity contribution in [2.45, 2.75) is 5.41 Å². The Hall–Kier alpha value is -5.44. The van der Waals surface area contributed by atoms with Crippen LogP contribution in [0.3, 0.4) is 0 Å². The van der Waals surface area contributed by atoms with Gasteiger partial charge in [0.2, 0.25) is 0 Å². The number of benzene rings is 7. The second-order valence-electron chi connectivity index (χ2n) is 12.0. The SMILES string of the molecule is c1ccc(C2(c3ccccc3)c3cc(-n4c5ccccc5c5ccccc54)ccc3-c3ccc4c(sc5ccccc54)c32)cc1. The van der Waals surface area contributed by atoms with E-state index in [1.54, 1.807) is 0 Å². The highest BCUT2D eigenvalue weighted by atomic mass is 32.1. The molecule has 0 unspecified atom stereocenters. The molecule has 2 heteroatoms. The number of nitrogens with zero attached hydrogens (tertiary/aromatic N) is 1. The molecule has 2 heterocycles. The lowest BCUT2D eigenvalue weighted by molar-refractivity contribution is 0.775. The molecule has 1 aliphatic carbocycles. The summed E-state index contributed by atoms with van der Waals surface area (Å²) in [7, 11) is 0. The van der Waals surface area contributed by atoms with Gasteiger partial charge in [0, 0.05) is 36.6 Å². The lowest BCUT2D eigenvalue weighted by Gasteiger charge is -2.34. The van der Waals surface area contributed by atoms with Gasteiger partial charge < -0.3 is 4.57 Å². The predicted octanol–water partition coefficient (Wildman–Crippen LogP) is 11.5. The van der Waals surface area contributed by atoms with Crippen LogP contribution in [0.25, 0.3) is 58.8 Å². The first-order chi connectivity index (χ1) is 22.3. The largest absolute Gasteiger partial charge is 0.309 e. The quantitative estimate of drug-likeness (QED) is 0.193. The maximum absolute atomic E-state index is 2.48. The minimum absolute atomic E-state index is 0.484. The van der Waals surface area contributed by atoms with E-state index in [1.165, 1.54) is 81.0 Å². The number of aromatic nitrogens is 1. The van der Waals surface area contributed by atoms with Gasteiger partial charge in [-0.1, -0.05) is 133 Å². The molecule has 0 bridgehead atoms. The van der Waals surface area contributed by atoms with E-state index in [-0.39, 0.29) is 0 Å². The zero-order valence-electron chi connectivity index (χ0n) is 24.4. The number of para-hydroxylation sites is 2. The van der Waals surface area contributed by atoms with E-state index in [9.17, 15) is 0 Å². The Morgan fingerprint density at radius 3 is 1.67 bits per heavy atom. The zero-order chi connectivity index (χ0) is 29.5. The van der Waals surface area contributed by atoms with Gasteiger partial charge in [-0.15, -0.1) is 11.3 Å². The number of fused-ring (bicyclic) bond motifs is 10. The summed E-state index contributed by atoms with van der Waals surface area (Å²) in [5, 5.41) is 5.22. The molecular weight excluding hydrogens is 563 g/mol. The van der Waals surface area contributed by atoms with Gasteiger partial charge in [0.05, 0.1) is 16.4 Å². The molecule has 0 atom stereocenters. The van der Waals surface area contributed by atoms with Gasteiger partial charge in [-0.2, -0.15) is 0 Å². The maximum Gasteiger partial charge on any atom is 0.0728 e.